The SMILES string of the molecule is I.NC(=O)c1ccccc1CCc1ccc(N=C(N)c2cccs2)cc1. The van der Waals surface area contributed by atoms with Crippen LogP contribution in [0.5, 0.6) is 0 Å². The molecule has 0 aliphatic rings. The molecule has 0 spiro atoms. The fourth-order valence-corrected chi connectivity index (χ4v) is 3.24. The van der Waals surface area contributed by atoms with Crippen LogP contribution >= 0.6 is 35.3 Å². The van der Waals surface area contributed by atoms with Crippen LogP contribution in [-0.4, -0.2) is 11.7 Å². The fraction of sp³-hybridized carbons (Fsp3) is 0.100. The molecule has 4 N–H and O–H groups in total. The van der Waals surface area contributed by atoms with Gasteiger partial charge in [-0.15, -0.1) is 35.3 Å². The van der Waals surface area contributed by atoms with Crippen LogP contribution in [0.1, 0.15) is 26.4 Å². The van der Waals surface area contributed by atoms with Gasteiger partial charge >= 0.3 is 0 Å². The molecule has 0 saturated carbocycles. The molecule has 26 heavy (non-hydrogen) atoms. The Morgan fingerprint density at radius 3 is 2.31 bits per heavy atom. The second-order valence-corrected chi connectivity index (χ2v) is 6.61. The maximum absolute atomic E-state index is 11.5. The third kappa shape index (κ3) is 5.15. The molecule has 1 amide bonds. The molecule has 3 aromatic rings. The number of carbonyl (C=O) groups is 1. The highest BCUT2D eigenvalue weighted by Crippen LogP contribution is 2.18. The van der Waals surface area contributed by atoms with Crippen LogP contribution in [0.15, 0.2) is 71.0 Å². The Morgan fingerprint density at radius 2 is 1.65 bits per heavy atom. The molecule has 1 heterocycles. The van der Waals surface area contributed by atoms with Crippen molar-refractivity contribution in [3.63, 3.8) is 0 Å². The summed E-state index contributed by atoms with van der Waals surface area (Å²) in [6.45, 7) is 0. The van der Waals surface area contributed by atoms with Crippen molar-refractivity contribution >= 4 is 52.7 Å². The van der Waals surface area contributed by atoms with Crippen LogP contribution < -0.4 is 11.5 Å². The number of aliphatic imine (C=N–C) groups is 1. The first-order chi connectivity index (χ1) is 12.1. The predicted molar refractivity (Wildman–Crippen MR) is 119 cm³/mol. The molecule has 134 valence electrons. The summed E-state index contributed by atoms with van der Waals surface area (Å²) >= 11 is 1.57. The summed E-state index contributed by atoms with van der Waals surface area (Å²) in [7, 11) is 0. The van der Waals surface area contributed by atoms with Gasteiger partial charge in [0, 0.05) is 5.56 Å². The van der Waals surface area contributed by atoms with E-state index < -0.39 is 0 Å². The zero-order valence-corrected chi connectivity index (χ0v) is 17.2. The van der Waals surface area contributed by atoms with Gasteiger partial charge in [-0.05, 0) is 53.6 Å². The number of nitrogens with two attached hydrogens (primary N) is 2. The molecule has 0 saturated heterocycles. The second kappa shape index (κ2) is 9.49. The van der Waals surface area contributed by atoms with Crippen molar-refractivity contribution in [3.8, 4) is 0 Å². The van der Waals surface area contributed by atoms with Gasteiger partial charge in [-0.3, -0.25) is 4.79 Å². The highest BCUT2D eigenvalue weighted by Gasteiger charge is 2.07. The van der Waals surface area contributed by atoms with E-state index in [1.54, 1.807) is 17.4 Å². The molecule has 0 aliphatic heterocycles. The number of thiophene rings is 1. The number of hydrogen-bond acceptors (Lipinski definition) is 3. The van der Waals surface area contributed by atoms with E-state index in [0.717, 1.165) is 29.0 Å². The van der Waals surface area contributed by atoms with Gasteiger partial charge in [0.1, 0.15) is 5.84 Å². The number of primary amides is 1. The average molecular weight is 477 g/mol. The first kappa shape index (κ1) is 20.1. The van der Waals surface area contributed by atoms with Gasteiger partial charge in [0.15, 0.2) is 0 Å². The van der Waals surface area contributed by atoms with E-state index in [1.165, 1.54) is 5.56 Å². The number of benzene rings is 2. The molecule has 0 fully saturated rings. The van der Waals surface area contributed by atoms with Crippen molar-refractivity contribution < 1.29 is 4.79 Å². The number of carbonyl (C=O) groups excluding carboxylic acids is 1. The van der Waals surface area contributed by atoms with E-state index >= 15 is 0 Å². The number of nitrogens with zero attached hydrogens (tertiary/aromatic N) is 1. The van der Waals surface area contributed by atoms with E-state index in [4.69, 9.17) is 11.5 Å². The molecule has 0 unspecified atom stereocenters. The van der Waals surface area contributed by atoms with Gasteiger partial charge in [0.25, 0.3) is 0 Å². The third-order valence-corrected chi connectivity index (χ3v) is 4.82. The first-order valence-corrected chi connectivity index (χ1v) is 8.86. The molecular formula is C20H20IN3OS. The molecule has 0 bridgehead atoms. The predicted octanol–water partition coefficient (Wildman–Crippen LogP) is 4.29. The van der Waals surface area contributed by atoms with Crippen LogP contribution in [0, 0.1) is 0 Å². The lowest BCUT2D eigenvalue weighted by Gasteiger charge is -2.07. The molecule has 4 nitrogen and oxygen atoms in total. The highest BCUT2D eigenvalue weighted by atomic mass is 127. The van der Waals surface area contributed by atoms with E-state index in [1.807, 2.05) is 60.0 Å². The summed E-state index contributed by atoms with van der Waals surface area (Å²) in [5.74, 6) is 0.141. The van der Waals surface area contributed by atoms with E-state index in [0.29, 0.717) is 11.4 Å². The summed E-state index contributed by atoms with van der Waals surface area (Å²) in [4.78, 5) is 16.9. The fourth-order valence-electron chi connectivity index (χ4n) is 2.61. The zero-order chi connectivity index (χ0) is 17.6. The second-order valence-electron chi connectivity index (χ2n) is 5.66. The van der Waals surface area contributed by atoms with Crippen LogP contribution in [0.25, 0.3) is 0 Å². The molecule has 2 aromatic carbocycles. The van der Waals surface area contributed by atoms with E-state index in [-0.39, 0.29) is 29.9 Å². The Bertz CT molecular complexity index is 890. The lowest BCUT2D eigenvalue weighted by atomic mass is 9.99. The normalized spacial score (nSPS) is 11.0. The summed E-state index contributed by atoms with van der Waals surface area (Å²) in [5.41, 5.74) is 15.0. The molecule has 1 aromatic heterocycles. The summed E-state index contributed by atoms with van der Waals surface area (Å²) in [5, 5.41) is 1.98. The molecule has 3 rings (SSSR count). The van der Waals surface area contributed by atoms with E-state index in [2.05, 4.69) is 4.99 Å². The minimum absolute atomic E-state index is 0. The largest absolute Gasteiger partial charge is 0.383 e. The minimum atomic E-state index is -0.385. The number of aryl methyl sites for hydroxylation is 2. The van der Waals surface area contributed by atoms with Crippen molar-refractivity contribution in [2.45, 2.75) is 12.8 Å². The Balaban J connectivity index is 0.00000243. The van der Waals surface area contributed by atoms with Crippen molar-refractivity contribution in [3.05, 3.63) is 87.6 Å². The van der Waals surface area contributed by atoms with Gasteiger partial charge < -0.3 is 11.5 Å². The van der Waals surface area contributed by atoms with Gasteiger partial charge in [-0.2, -0.15) is 0 Å². The summed E-state index contributed by atoms with van der Waals surface area (Å²) < 4.78 is 0. The number of amidine groups is 1. The molecule has 6 heteroatoms. The van der Waals surface area contributed by atoms with Crippen molar-refractivity contribution in [1.29, 1.82) is 0 Å². The van der Waals surface area contributed by atoms with Crippen molar-refractivity contribution in [2.24, 2.45) is 16.5 Å². The quantitative estimate of drug-likeness (QED) is 0.316. The monoisotopic (exact) mass is 477 g/mol. The smallest absolute Gasteiger partial charge is 0.248 e. The Hall–Kier alpha value is -2.19. The highest BCUT2D eigenvalue weighted by molar-refractivity contribution is 14.0. The molecular weight excluding hydrogens is 457 g/mol. The standard InChI is InChI=1S/C20H19N3OS.HI/c21-19(18-6-3-13-25-18)23-16-11-8-14(9-12-16)7-10-15-4-1-2-5-17(15)20(22)24;/h1-6,8-9,11-13H,7,10H2,(H2,21,23)(H2,22,24);1H. The van der Waals surface area contributed by atoms with Gasteiger partial charge in [-0.1, -0.05) is 36.4 Å². The zero-order valence-electron chi connectivity index (χ0n) is 14.1. The van der Waals surface area contributed by atoms with Crippen molar-refractivity contribution in [2.75, 3.05) is 0 Å². The van der Waals surface area contributed by atoms with Gasteiger partial charge in [-0.25, -0.2) is 4.99 Å². The van der Waals surface area contributed by atoms with Gasteiger partial charge in [0.2, 0.25) is 5.91 Å². The van der Waals surface area contributed by atoms with Crippen LogP contribution in [0.4, 0.5) is 5.69 Å². The first-order valence-electron chi connectivity index (χ1n) is 7.98. The minimum Gasteiger partial charge on any atom is -0.383 e. The number of rotatable bonds is 6. The maximum Gasteiger partial charge on any atom is 0.248 e. The maximum atomic E-state index is 11.5. The molecule has 0 radical (unpaired) electrons. The number of hydrogen-bond donors (Lipinski definition) is 2. The number of halogens is 1. The summed E-state index contributed by atoms with van der Waals surface area (Å²) in [6, 6.07) is 19.3. The third-order valence-electron chi connectivity index (χ3n) is 3.93. The number of amides is 1. The van der Waals surface area contributed by atoms with Gasteiger partial charge in [0.05, 0.1) is 10.6 Å². The van der Waals surface area contributed by atoms with Crippen LogP contribution in [0.3, 0.4) is 0 Å². The average Bonchev–Trinajstić information content (AvgIpc) is 3.16. The molecule has 0 atom stereocenters. The lowest BCUT2D eigenvalue weighted by Crippen LogP contribution is -2.13. The van der Waals surface area contributed by atoms with Crippen LogP contribution in [0.2, 0.25) is 0 Å². The van der Waals surface area contributed by atoms with Crippen molar-refractivity contribution in [1.82, 2.24) is 0 Å². The Morgan fingerprint density at radius 1 is 0.923 bits per heavy atom. The molecule has 0 aliphatic carbocycles. The van der Waals surface area contributed by atoms with E-state index in [9.17, 15) is 4.79 Å². The summed E-state index contributed by atoms with van der Waals surface area (Å²) in [6.07, 6.45) is 1.59. The topological polar surface area (TPSA) is 81.5 Å². The van der Waals surface area contributed by atoms with Crippen LogP contribution in [-0.2, 0) is 12.8 Å². The Kier molecular flexibility index (Phi) is 7.35. The lowest BCUT2D eigenvalue weighted by molar-refractivity contribution is 0.0999. The Labute approximate surface area is 174 Å².